The number of aromatic nitrogens is 1. The molecule has 0 atom stereocenters. The van der Waals surface area contributed by atoms with Crippen LogP contribution in [0.5, 0.6) is 0 Å². The summed E-state index contributed by atoms with van der Waals surface area (Å²) in [6.07, 6.45) is -3.43. The number of hydrogen-bond donors (Lipinski definition) is 2. The Bertz CT molecular complexity index is 758. The molecule has 0 saturated heterocycles. The van der Waals surface area contributed by atoms with E-state index in [4.69, 9.17) is 0 Å². The molecule has 0 aliphatic carbocycles. The summed E-state index contributed by atoms with van der Waals surface area (Å²) in [7, 11) is 0. The van der Waals surface area contributed by atoms with E-state index in [1.807, 2.05) is 0 Å². The van der Waals surface area contributed by atoms with Gasteiger partial charge in [0.25, 0.3) is 5.91 Å². The van der Waals surface area contributed by atoms with Crippen molar-refractivity contribution in [2.24, 2.45) is 0 Å². The fourth-order valence-electron chi connectivity index (χ4n) is 1.91. The average molecular weight is 314 g/mol. The van der Waals surface area contributed by atoms with E-state index >= 15 is 0 Å². The second-order valence-corrected chi connectivity index (χ2v) is 4.54. The van der Waals surface area contributed by atoms with Crippen LogP contribution >= 0.6 is 0 Å². The number of aromatic amines is 1. The summed E-state index contributed by atoms with van der Waals surface area (Å²) in [6, 6.07) is 3.38. The van der Waals surface area contributed by atoms with Gasteiger partial charge in [0.05, 0.1) is 11.1 Å². The molecule has 0 aliphatic rings. The van der Waals surface area contributed by atoms with Crippen molar-refractivity contribution in [3.05, 3.63) is 63.3 Å². The quantitative estimate of drug-likeness (QED) is 0.837. The lowest BCUT2D eigenvalue weighted by atomic mass is 10.0. The van der Waals surface area contributed by atoms with Gasteiger partial charge in [-0.3, -0.25) is 9.59 Å². The maximum atomic E-state index is 13.8. The second-order valence-electron chi connectivity index (χ2n) is 4.54. The Labute approximate surface area is 121 Å². The van der Waals surface area contributed by atoms with Gasteiger partial charge in [0.1, 0.15) is 5.82 Å². The first-order valence-corrected chi connectivity index (χ1v) is 6.06. The number of anilines is 1. The summed E-state index contributed by atoms with van der Waals surface area (Å²) < 4.78 is 51.5. The minimum Gasteiger partial charge on any atom is -0.329 e. The van der Waals surface area contributed by atoms with Crippen molar-refractivity contribution in [1.82, 2.24) is 4.98 Å². The van der Waals surface area contributed by atoms with Gasteiger partial charge in [0.15, 0.2) is 0 Å². The normalized spacial score (nSPS) is 11.3. The van der Waals surface area contributed by atoms with Gasteiger partial charge in [0, 0.05) is 18.0 Å². The molecule has 1 aromatic heterocycles. The first kappa shape index (κ1) is 15.7. The topological polar surface area (TPSA) is 62.0 Å². The summed E-state index contributed by atoms with van der Waals surface area (Å²) in [5, 5.41) is 2.26. The molecule has 2 N–H and O–H groups in total. The van der Waals surface area contributed by atoms with Crippen LogP contribution in [0.4, 0.5) is 23.2 Å². The largest absolute Gasteiger partial charge is 0.416 e. The van der Waals surface area contributed by atoms with Crippen molar-refractivity contribution in [3.8, 4) is 0 Å². The van der Waals surface area contributed by atoms with Gasteiger partial charge in [-0.05, 0) is 30.7 Å². The highest BCUT2D eigenvalue weighted by Crippen LogP contribution is 2.31. The highest BCUT2D eigenvalue weighted by Gasteiger charge is 2.32. The van der Waals surface area contributed by atoms with E-state index in [0.29, 0.717) is 6.07 Å². The average Bonchev–Trinajstić information content (AvgIpc) is 2.36. The fraction of sp³-hybridized carbons (Fsp3) is 0.143. The van der Waals surface area contributed by atoms with Crippen LogP contribution in [0.25, 0.3) is 0 Å². The lowest BCUT2D eigenvalue weighted by Crippen LogP contribution is -2.18. The van der Waals surface area contributed by atoms with Crippen molar-refractivity contribution < 1.29 is 22.4 Å². The van der Waals surface area contributed by atoms with Crippen LogP contribution in [0, 0.1) is 12.7 Å². The maximum Gasteiger partial charge on any atom is 0.416 e. The molecule has 0 saturated carbocycles. The second kappa shape index (κ2) is 5.63. The zero-order valence-corrected chi connectivity index (χ0v) is 11.2. The van der Waals surface area contributed by atoms with E-state index in [1.165, 1.54) is 19.2 Å². The highest BCUT2D eigenvalue weighted by molar-refractivity contribution is 6.05. The summed E-state index contributed by atoms with van der Waals surface area (Å²) in [5.41, 5.74) is -2.21. The molecule has 2 rings (SSSR count). The van der Waals surface area contributed by atoms with Crippen LogP contribution in [-0.4, -0.2) is 10.9 Å². The van der Waals surface area contributed by atoms with Crippen LogP contribution < -0.4 is 10.9 Å². The van der Waals surface area contributed by atoms with Gasteiger partial charge in [-0.2, -0.15) is 13.2 Å². The van der Waals surface area contributed by atoms with Gasteiger partial charge in [0.2, 0.25) is 5.56 Å². The lowest BCUT2D eigenvalue weighted by molar-refractivity contribution is -0.137. The molecule has 116 valence electrons. The molecule has 22 heavy (non-hydrogen) atoms. The third-order valence-electron chi connectivity index (χ3n) is 2.87. The molecule has 1 heterocycles. The van der Waals surface area contributed by atoms with Gasteiger partial charge < -0.3 is 10.3 Å². The fourth-order valence-corrected chi connectivity index (χ4v) is 1.91. The predicted octanol–water partition coefficient (Wildman–Crippen LogP) is 3.09. The van der Waals surface area contributed by atoms with E-state index in [0.717, 1.165) is 6.07 Å². The van der Waals surface area contributed by atoms with Crippen molar-refractivity contribution in [3.63, 3.8) is 0 Å². The van der Waals surface area contributed by atoms with E-state index in [2.05, 4.69) is 10.3 Å². The van der Waals surface area contributed by atoms with Gasteiger partial charge in [-0.15, -0.1) is 0 Å². The van der Waals surface area contributed by atoms with Crippen molar-refractivity contribution in [2.75, 3.05) is 5.32 Å². The summed E-state index contributed by atoms with van der Waals surface area (Å²) in [4.78, 5) is 25.4. The maximum absolute atomic E-state index is 13.8. The Morgan fingerprint density at radius 2 is 1.91 bits per heavy atom. The first-order valence-electron chi connectivity index (χ1n) is 6.06. The molecule has 1 aromatic carbocycles. The molecule has 4 nitrogen and oxygen atoms in total. The first-order chi connectivity index (χ1) is 10.2. The smallest absolute Gasteiger partial charge is 0.329 e. The SMILES string of the molecule is Cc1cc(C(F)(F)F)cc(F)c1C(=O)Nc1cc[nH]c(=O)c1. The molecule has 0 bridgehead atoms. The number of hydrogen-bond acceptors (Lipinski definition) is 2. The lowest BCUT2D eigenvalue weighted by Gasteiger charge is -2.12. The number of rotatable bonds is 2. The number of carbonyl (C=O) groups is 1. The number of halogens is 4. The van der Waals surface area contributed by atoms with Gasteiger partial charge >= 0.3 is 6.18 Å². The Balaban J connectivity index is 2.36. The number of H-pyrrole nitrogens is 1. The molecule has 0 aliphatic heterocycles. The van der Waals surface area contributed by atoms with E-state index in [1.54, 1.807) is 0 Å². The van der Waals surface area contributed by atoms with Crippen molar-refractivity contribution in [2.45, 2.75) is 13.1 Å². The monoisotopic (exact) mass is 314 g/mol. The minimum atomic E-state index is -4.70. The highest BCUT2D eigenvalue weighted by atomic mass is 19.4. The number of pyridine rings is 1. The molecule has 0 fully saturated rings. The number of alkyl halides is 3. The van der Waals surface area contributed by atoms with Gasteiger partial charge in [-0.25, -0.2) is 4.39 Å². The molecular weight excluding hydrogens is 304 g/mol. The molecule has 8 heteroatoms. The van der Waals surface area contributed by atoms with Gasteiger partial charge in [-0.1, -0.05) is 0 Å². The Hall–Kier alpha value is -2.64. The summed E-state index contributed by atoms with van der Waals surface area (Å²) >= 11 is 0. The molecule has 0 unspecified atom stereocenters. The summed E-state index contributed by atoms with van der Waals surface area (Å²) in [6.45, 7) is 1.20. The summed E-state index contributed by atoms with van der Waals surface area (Å²) in [5.74, 6) is -2.22. The third-order valence-corrected chi connectivity index (χ3v) is 2.87. The zero-order chi connectivity index (χ0) is 16.5. The van der Waals surface area contributed by atoms with Crippen LogP contribution in [0.1, 0.15) is 21.5 Å². The van der Waals surface area contributed by atoms with Crippen LogP contribution in [0.15, 0.2) is 35.3 Å². The molecule has 0 radical (unpaired) electrons. The third kappa shape index (κ3) is 3.33. The number of aryl methyl sites for hydroxylation is 1. The van der Waals surface area contributed by atoms with Crippen LogP contribution in [-0.2, 0) is 6.18 Å². The van der Waals surface area contributed by atoms with E-state index in [-0.39, 0.29) is 17.3 Å². The standard InChI is InChI=1S/C14H10F4N2O2/c1-7-4-8(14(16,17)18)5-10(15)12(7)13(22)20-9-2-3-19-11(21)6-9/h2-6H,1H3,(H2,19,20,21,22). The molecule has 2 aromatic rings. The number of carbonyl (C=O) groups excluding carboxylic acids is 1. The Morgan fingerprint density at radius 3 is 2.45 bits per heavy atom. The number of benzene rings is 1. The Kier molecular flexibility index (Phi) is 4.03. The van der Waals surface area contributed by atoms with Crippen LogP contribution in [0.3, 0.4) is 0 Å². The Morgan fingerprint density at radius 1 is 1.23 bits per heavy atom. The molecular formula is C14H10F4N2O2. The van der Waals surface area contributed by atoms with Crippen molar-refractivity contribution >= 4 is 11.6 Å². The minimum absolute atomic E-state index is 0.104. The number of nitrogens with one attached hydrogen (secondary N) is 2. The van der Waals surface area contributed by atoms with E-state index in [9.17, 15) is 27.2 Å². The van der Waals surface area contributed by atoms with Crippen LogP contribution in [0.2, 0.25) is 0 Å². The molecule has 0 spiro atoms. The zero-order valence-electron chi connectivity index (χ0n) is 11.2. The van der Waals surface area contributed by atoms with E-state index < -0.39 is 34.6 Å². The number of amides is 1. The van der Waals surface area contributed by atoms with Crippen molar-refractivity contribution in [1.29, 1.82) is 0 Å². The predicted molar refractivity (Wildman–Crippen MR) is 71.2 cm³/mol. The molecule has 1 amide bonds.